The molecule has 0 aromatic heterocycles. The van der Waals surface area contributed by atoms with Crippen molar-refractivity contribution in [1.82, 2.24) is 0 Å². The Morgan fingerprint density at radius 2 is 1.29 bits per heavy atom. The summed E-state index contributed by atoms with van der Waals surface area (Å²) in [5, 5.41) is 17.0. The van der Waals surface area contributed by atoms with Crippen molar-refractivity contribution in [3.8, 4) is 5.75 Å². The number of benzene rings is 2. The molecule has 0 bridgehead atoms. The van der Waals surface area contributed by atoms with E-state index >= 15 is 0 Å². The van der Waals surface area contributed by atoms with Gasteiger partial charge in [0.15, 0.2) is 0 Å². The minimum atomic E-state index is -0.201. The lowest BCUT2D eigenvalue weighted by Gasteiger charge is -2.33. The van der Waals surface area contributed by atoms with Crippen LogP contribution in [0, 0.1) is 0 Å². The molecule has 2 nitrogen and oxygen atoms in total. The van der Waals surface area contributed by atoms with Crippen LogP contribution < -0.4 is 10.4 Å². The minimum Gasteiger partial charge on any atom is -0.871 e. The molecule has 154 valence electrons. The Balaban J connectivity index is 2.74. The quantitative estimate of drug-likeness (QED) is 0.602. The van der Waals surface area contributed by atoms with Crippen LogP contribution in [0.25, 0.3) is 0 Å². The Hall–Kier alpha value is -1.96. The largest absolute Gasteiger partial charge is 0.871 e. The fourth-order valence-corrected chi connectivity index (χ4v) is 3.54. The number of nitrogens with one attached hydrogen (secondary N) is 1. The summed E-state index contributed by atoms with van der Waals surface area (Å²) in [7, 11) is 0. The van der Waals surface area contributed by atoms with Gasteiger partial charge >= 0.3 is 0 Å². The monoisotopic (exact) mass is 380 g/mol. The SMILES string of the molecule is CC(C)c1cccc(C(C)C)c1Nc1cc(C(C)(C)C)cc(C(C)(C)C)c1[O-]. The molecule has 28 heavy (non-hydrogen) atoms. The van der Waals surface area contributed by atoms with Crippen LogP contribution >= 0.6 is 0 Å². The number of rotatable bonds is 4. The zero-order valence-electron chi connectivity index (χ0n) is 19.4. The Kier molecular flexibility index (Phi) is 6.23. The van der Waals surface area contributed by atoms with E-state index in [1.54, 1.807) is 0 Å². The van der Waals surface area contributed by atoms with Gasteiger partial charge in [-0.25, -0.2) is 0 Å². The van der Waals surface area contributed by atoms with Gasteiger partial charge < -0.3 is 10.4 Å². The summed E-state index contributed by atoms with van der Waals surface area (Å²) in [5.41, 5.74) is 6.12. The second kappa shape index (κ2) is 7.81. The predicted molar refractivity (Wildman–Crippen MR) is 121 cm³/mol. The van der Waals surface area contributed by atoms with Crippen LogP contribution in [0.3, 0.4) is 0 Å². The molecule has 0 amide bonds. The molecule has 0 heterocycles. The molecule has 2 aromatic rings. The molecule has 0 fully saturated rings. The maximum absolute atomic E-state index is 13.4. The maximum Gasteiger partial charge on any atom is 0.0454 e. The van der Waals surface area contributed by atoms with Crippen molar-refractivity contribution in [1.29, 1.82) is 0 Å². The van der Waals surface area contributed by atoms with Gasteiger partial charge in [0.2, 0.25) is 0 Å². The summed E-state index contributed by atoms with van der Waals surface area (Å²) < 4.78 is 0. The van der Waals surface area contributed by atoms with Gasteiger partial charge in [-0.05, 0) is 51.0 Å². The topological polar surface area (TPSA) is 35.1 Å². The van der Waals surface area contributed by atoms with Crippen LogP contribution in [0.1, 0.15) is 103 Å². The average molecular weight is 381 g/mol. The summed E-state index contributed by atoms with van der Waals surface area (Å²) in [6.07, 6.45) is 0. The molecule has 0 unspecified atom stereocenters. The van der Waals surface area contributed by atoms with Crippen LogP contribution in [-0.4, -0.2) is 0 Å². The molecule has 2 rings (SSSR count). The standard InChI is InChI=1S/C26H39NO/c1-16(2)19-12-11-13-20(17(3)4)23(19)27-22-15-18(25(5,6)7)14-21(24(22)28)26(8,9)10/h11-17,27-28H,1-10H3/p-1. The molecular weight excluding hydrogens is 342 g/mol. The molecule has 2 heteroatoms. The lowest BCUT2D eigenvalue weighted by Crippen LogP contribution is -2.20. The third kappa shape index (κ3) is 4.71. The first kappa shape index (κ1) is 22.3. The van der Waals surface area contributed by atoms with E-state index in [2.05, 4.69) is 105 Å². The van der Waals surface area contributed by atoms with Gasteiger partial charge in [-0.2, -0.15) is 0 Å². The first-order valence-corrected chi connectivity index (χ1v) is 10.5. The smallest absolute Gasteiger partial charge is 0.0454 e. The van der Waals surface area contributed by atoms with E-state index in [-0.39, 0.29) is 16.6 Å². The number of para-hydroxylation sites is 1. The third-order valence-electron chi connectivity index (χ3n) is 5.40. The maximum atomic E-state index is 13.4. The van der Waals surface area contributed by atoms with Gasteiger partial charge in [-0.15, -0.1) is 0 Å². The van der Waals surface area contributed by atoms with Gasteiger partial charge in [0.1, 0.15) is 0 Å². The molecule has 1 N–H and O–H groups in total. The molecule has 0 aliphatic rings. The van der Waals surface area contributed by atoms with Crippen LogP contribution in [0.15, 0.2) is 30.3 Å². The molecular formula is C26H38NO-. The van der Waals surface area contributed by atoms with Crippen molar-refractivity contribution in [3.63, 3.8) is 0 Å². The first-order valence-electron chi connectivity index (χ1n) is 10.5. The van der Waals surface area contributed by atoms with Crippen LogP contribution in [-0.2, 0) is 10.8 Å². The van der Waals surface area contributed by atoms with Crippen LogP contribution in [0.4, 0.5) is 11.4 Å². The second-order valence-electron chi connectivity index (χ2n) is 10.6. The first-order chi connectivity index (χ1) is 12.7. The average Bonchev–Trinajstić information content (AvgIpc) is 2.54. The van der Waals surface area contributed by atoms with E-state index in [1.807, 2.05) is 0 Å². The van der Waals surface area contributed by atoms with Crippen molar-refractivity contribution in [2.24, 2.45) is 0 Å². The van der Waals surface area contributed by atoms with E-state index in [0.717, 1.165) is 11.3 Å². The zero-order chi connectivity index (χ0) is 21.4. The van der Waals surface area contributed by atoms with E-state index in [9.17, 15) is 5.11 Å². The summed E-state index contributed by atoms with van der Waals surface area (Å²) in [6.45, 7) is 21.7. The Morgan fingerprint density at radius 1 is 0.786 bits per heavy atom. The Bertz CT molecular complexity index is 806. The van der Waals surface area contributed by atoms with Crippen molar-refractivity contribution < 1.29 is 5.11 Å². The van der Waals surface area contributed by atoms with Gasteiger partial charge in [-0.1, -0.05) is 99.3 Å². The molecule has 2 aromatic carbocycles. The number of hydrogen-bond donors (Lipinski definition) is 1. The summed E-state index contributed by atoms with van der Waals surface area (Å²) in [5.74, 6) is 0.863. The molecule has 0 atom stereocenters. The van der Waals surface area contributed by atoms with Crippen molar-refractivity contribution in [3.05, 3.63) is 52.6 Å². The van der Waals surface area contributed by atoms with Crippen LogP contribution in [0.2, 0.25) is 0 Å². The zero-order valence-corrected chi connectivity index (χ0v) is 19.4. The van der Waals surface area contributed by atoms with Gasteiger partial charge in [-0.3, -0.25) is 0 Å². The van der Waals surface area contributed by atoms with Gasteiger partial charge in [0.25, 0.3) is 0 Å². The van der Waals surface area contributed by atoms with E-state index < -0.39 is 0 Å². The lowest BCUT2D eigenvalue weighted by atomic mass is 9.79. The molecule has 0 aliphatic carbocycles. The lowest BCUT2D eigenvalue weighted by molar-refractivity contribution is -0.268. The van der Waals surface area contributed by atoms with Crippen molar-refractivity contribution in [2.45, 2.75) is 91.9 Å². The summed E-state index contributed by atoms with van der Waals surface area (Å²) in [6, 6.07) is 10.6. The van der Waals surface area contributed by atoms with E-state index in [4.69, 9.17) is 0 Å². The second-order valence-corrected chi connectivity index (χ2v) is 10.6. The van der Waals surface area contributed by atoms with Gasteiger partial charge in [0.05, 0.1) is 0 Å². The molecule has 0 aliphatic heterocycles. The van der Waals surface area contributed by atoms with E-state index in [1.165, 1.54) is 16.7 Å². The summed E-state index contributed by atoms with van der Waals surface area (Å²) in [4.78, 5) is 0. The van der Waals surface area contributed by atoms with Crippen molar-refractivity contribution in [2.75, 3.05) is 5.32 Å². The Morgan fingerprint density at radius 3 is 1.68 bits per heavy atom. The molecule has 0 saturated carbocycles. The van der Waals surface area contributed by atoms with Gasteiger partial charge in [0, 0.05) is 11.4 Å². The molecule has 0 radical (unpaired) electrons. The van der Waals surface area contributed by atoms with Crippen LogP contribution in [0.5, 0.6) is 5.75 Å². The van der Waals surface area contributed by atoms with E-state index in [0.29, 0.717) is 17.5 Å². The molecule has 0 spiro atoms. The highest BCUT2D eigenvalue weighted by molar-refractivity contribution is 5.74. The third-order valence-corrected chi connectivity index (χ3v) is 5.40. The predicted octanol–water partition coefficient (Wildman–Crippen LogP) is 7.35. The highest BCUT2D eigenvalue weighted by atomic mass is 16.3. The Labute approximate surface area is 172 Å². The highest BCUT2D eigenvalue weighted by Crippen LogP contribution is 2.42. The number of anilines is 2. The minimum absolute atomic E-state index is 0.0252. The molecule has 0 saturated heterocycles. The normalized spacial score (nSPS) is 12.7. The highest BCUT2D eigenvalue weighted by Gasteiger charge is 2.23. The number of hydrogen-bond acceptors (Lipinski definition) is 2. The fraction of sp³-hybridized carbons (Fsp3) is 0.538. The summed E-state index contributed by atoms with van der Waals surface area (Å²) >= 11 is 0. The fourth-order valence-electron chi connectivity index (χ4n) is 3.54. The van der Waals surface area contributed by atoms with Crippen molar-refractivity contribution >= 4 is 11.4 Å².